The molecule has 0 spiro atoms. The number of nitrogens with one attached hydrogen (secondary N) is 3. The summed E-state index contributed by atoms with van der Waals surface area (Å²) in [7, 11) is 0. The Morgan fingerprint density at radius 1 is 0.769 bits per heavy atom. The molecule has 3 heterocycles. The van der Waals surface area contributed by atoms with Gasteiger partial charge in [-0.2, -0.15) is 5.53 Å². The number of aromatic nitrogens is 3. The molecule has 426 valence electrons. The van der Waals surface area contributed by atoms with E-state index >= 15 is 0 Å². The van der Waals surface area contributed by atoms with Gasteiger partial charge in [0, 0.05) is 120 Å². The van der Waals surface area contributed by atoms with Gasteiger partial charge in [-0.25, -0.2) is 25.3 Å². The van der Waals surface area contributed by atoms with Gasteiger partial charge in [0.15, 0.2) is 6.23 Å². The van der Waals surface area contributed by atoms with Gasteiger partial charge in [-0.3, -0.25) is 4.90 Å². The molecule has 2 amide bonds. The van der Waals surface area contributed by atoms with E-state index in [-0.39, 0.29) is 47.1 Å². The van der Waals surface area contributed by atoms with E-state index in [4.69, 9.17) is 26.5 Å². The van der Waals surface area contributed by atoms with Crippen LogP contribution in [0.1, 0.15) is 90.9 Å². The van der Waals surface area contributed by atoms with Crippen molar-refractivity contribution in [3.63, 3.8) is 0 Å². The highest BCUT2D eigenvalue weighted by atomic mass is 17.4. The number of amides is 2. The maximum Gasteiger partial charge on any atom is 0.319 e. The lowest BCUT2D eigenvalue weighted by molar-refractivity contribution is -0.587. The summed E-state index contributed by atoms with van der Waals surface area (Å²) in [6, 6.07) is 9.57. The minimum absolute atomic E-state index is 0. The van der Waals surface area contributed by atoms with Gasteiger partial charge < -0.3 is 35.9 Å². The third kappa shape index (κ3) is 25.9. The highest BCUT2D eigenvalue weighted by Gasteiger charge is 2.44. The molecule has 1 aliphatic heterocycles. The summed E-state index contributed by atoms with van der Waals surface area (Å²) >= 11 is 0. The van der Waals surface area contributed by atoms with Crippen LogP contribution in [0.2, 0.25) is 0 Å². The number of ether oxygens (including phenoxy) is 1. The largest absolute Gasteiger partial charge is 0.387 e. The second-order valence-electron chi connectivity index (χ2n) is 15.8. The molecule has 22 heteroatoms. The number of hydrogen-bond acceptors (Lipinski definition) is 14. The van der Waals surface area contributed by atoms with Gasteiger partial charge >= 0.3 is 6.03 Å². The molecule has 22 nitrogen and oxygen atoms in total. The van der Waals surface area contributed by atoms with Crippen LogP contribution >= 0.6 is 0 Å². The summed E-state index contributed by atoms with van der Waals surface area (Å²) in [4.78, 5) is 29.2. The van der Waals surface area contributed by atoms with Crippen molar-refractivity contribution in [2.24, 2.45) is 26.1 Å². The topological polar surface area (TPSA) is 299 Å². The Kier molecular flexibility index (Phi) is 31.1. The number of aliphatic hydroxyl groups is 2. The summed E-state index contributed by atoms with van der Waals surface area (Å²) in [6.45, 7) is 15.6. The van der Waals surface area contributed by atoms with Crippen molar-refractivity contribution >= 4 is 28.6 Å². The number of urea groups is 1. The molecule has 3 aromatic rings. The zero-order valence-corrected chi connectivity index (χ0v) is 43.2. The molecular weight excluding hydrogens is 997 g/mol. The Morgan fingerprint density at radius 3 is 1.69 bits per heavy atom. The minimum atomic E-state index is -1.13. The van der Waals surface area contributed by atoms with Crippen LogP contribution in [0.3, 0.4) is 0 Å². The van der Waals surface area contributed by atoms with E-state index < -0.39 is 24.5 Å². The van der Waals surface area contributed by atoms with Gasteiger partial charge in [0.2, 0.25) is 0 Å². The van der Waals surface area contributed by atoms with E-state index in [0.717, 1.165) is 5.69 Å². The van der Waals surface area contributed by atoms with Crippen molar-refractivity contribution in [1.29, 1.82) is 5.53 Å². The quantitative estimate of drug-likeness (QED) is 0.0246. The molecule has 1 fully saturated rings. The van der Waals surface area contributed by atoms with E-state index in [0.29, 0.717) is 42.9 Å². The summed E-state index contributed by atoms with van der Waals surface area (Å²) in [5, 5.41) is 56.5. The number of nitrogens with zero attached hydrogens (tertiary/aromatic N) is 10. The Hall–Kier alpha value is -10.5. The van der Waals surface area contributed by atoms with Crippen LogP contribution in [-0.2, 0) is 20.1 Å². The average molecular weight is 1080 g/mol. The fourth-order valence-electron chi connectivity index (χ4n) is 5.76. The number of hydrogen-bond donors (Lipinski definition) is 8. The van der Waals surface area contributed by atoms with Gasteiger partial charge in [0.1, 0.15) is 36.1 Å². The Morgan fingerprint density at radius 2 is 1.26 bits per heavy atom. The number of fused-ring (bicyclic) bond motifs is 1. The first-order valence-corrected chi connectivity index (χ1v) is 22.6. The van der Waals surface area contributed by atoms with Crippen molar-refractivity contribution in [3.05, 3.63) is 48.4 Å². The monoisotopic (exact) mass is 1080 g/mol. The van der Waals surface area contributed by atoms with Gasteiger partial charge in [-0.15, -0.1) is 0 Å². The molecule has 0 radical (unpaired) electrons. The molecule has 0 bridgehead atoms. The van der Waals surface area contributed by atoms with Crippen LogP contribution in [0, 0.1) is 159 Å². The second-order valence-corrected chi connectivity index (χ2v) is 15.8. The zero-order valence-electron chi connectivity index (χ0n) is 43.2. The van der Waals surface area contributed by atoms with Crippen LogP contribution in [-0.4, -0.2) is 95.5 Å². The standard InChI is InChI=1S/C28H41N7O4.C28H6.H3N7O4.17H2/c1-17(2)34(13-6-12-30-27(38)33-19-9-7-18(8-10-19)28(3,4)5)15-21-22(36)23(37)26(39-21)35-14-11-20-24(29)31-16-32-25(20)35;1-3-5-7-9-11-13-15-17-19-21-23-25-27-28-26-24-22-20-18-16-14-12-10-8-6-4-2;1-2-3-4-5-6-7(10-8)11-9;;;;;;;;;;;;;;;;;/h7-11,14,16-17,21-23,26,36-37H,6,12-13,15H2,1-5H3,(H2,29,31,32)(H2,30,33,38);1-2H3;1,8-9H;17*1H/b;;2-1?,4-3+,6-5+;;;;;;;;;;;;;;;;;/t21-,22-,23-,26-;;;;;;;;;;;;;;;;;;;/m1.................../s1. The molecule has 0 saturated carbocycles. The maximum atomic E-state index is 12.4. The molecular formula is C56H84N14O8. The lowest BCUT2D eigenvalue weighted by atomic mass is 9.87. The minimum Gasteiger partial charge on any atom is -0.387 e. The molecule has 1 aliphatic rings. The lowest BCUT2D eigenvalue weighted by Gasteiger charge is -2.30. The van der Waals surface area contributed by atoms with E-state index in [9.17, 15) is 15.0 Å². The third-order valence-electron chi connectivity index (χ3n) is 9.28. The molecule has 4 rings (SSSR count). The summed E-state index contributed by atoms with van der Waals surface area (Å²) in [5.74, 6) is 66.0. The number of anilines is 2. The first kappa shape index (κ1) is 63.6. The van der Waals surface area contributed by atoms with Gasteiger partial charge in [-0.05, 0) is 174 Å². The van der Waals surface area contributed by atoms with Gasteiger partial charge in [0.05, 0.1) is 10.7 Å². The van der Waals surface area contributed by atoms with Gasteiger partial charge in [0.25, 0.3) is 0 Å². The average Bonchev–Trinajstić information content (AvgIpc) is 1.66. The van der Waals surface area contributed by atoms with Crippen LogP contribution in [0.4, 0.5) is 16.3 Å². The van der Waals surface area contributed by atoms with Crippen molar-refractivity contribution in [1.82, 2.24) is 30.1 Å². The van der Waals surface area contributed by atoms with E-state index in [1.807, 2.05) is 24.3 Å². The highest BCUT2D eigenvalue weighted by molar-refractivity contribution is 5.89. The number of nitrogen functional groups attached to an aromatic ring is 1. The number of carbonyl (C=O) groups is 1. The molecule has 78 heavy (non-hydrogen) atoms. The molecule has 2 aromatic heterocycles. The molecule has 1 aromatic carbocycles. The second kappa shape index (κ2) is 38.1. The predicted molar refractivity (Wildman–Crippen MR) is 324 cm³/mol. The third-order valence-corrected chi connectivity index (χ3v) is 9.28. The fraction of sp³-hybridized carbons (Fsp3) is 0.304. The number of carbonyl (C=O) groups excluding carboxylic acids is 1. The van der Waals surface area contributed by atoms with Crippen LogP contribution in [0.5, 0.6) is 0 Å². The SMILES string of the molecule is CC#CC#CC#CC#CC#CC#CC#CC#CC#CC#CC#CC#CC#CC.CC(C)N(CCCNC(=O)Nc1ccc(C(C)(C)C)cc1)C[C@H]1O[C@@H](n2ccc3c(N)ncnc32)[C@H](O)[C@@H]1O.N=N/N=N/N=N/N(OO)OO.[HH].[HH].[HH].[HH].[HH].[HH].[HH].[HH].[HH].[HH].[HH].[HH].[HH].[HH].[HH].[HH].[HH]. The fourth-order valence-corrected chi connectivity index (χ4v) is 5.76. The van der Waals surface area contributed by atoms with Crippen LogP contribution in [0.15, 0.2) is 69.0 Å². The smallest absolute Gasteiger partial charge is 0.319 e. The van der Waals surface area contributed by atoms with Crippen LogP contribution < -0.4 is 16.4 Å². The van der Waals surface area contributed by atoms with E-state index in [1.165, 1.54) is 11.9 Å². The first-order chi connectivity index (χ1) is 37.7. The van der Waals surface area contributed by atoms with E-state index in [1.54, 1.807) is 30.7 Å². The predicted octanol–water partition coefficient (Wildman–Crippen LogP) is 8.88. The number of benzene rings is 1. The summed E-state index contributed by atoms with van der Waals surface area (Å²) in [5.41, 5.74) is 14.5. The molecule has 9 N–H and O–H groups in total. The number of rotatable bonds is 14. The molecule has 0 aliphatic carbocycles. The van der Waals surface area contributed by atoms with Crippen molar-refractivity contribution in [2.45, 2.75) is 90.9 Å². The van der Waals surface area contributed by atoms with Gasteiger partial charge in [-0.1, -0.05) is 54.7 Å². The highest BCUT2D eigenvalue weighted by Crippen LogP contribution is 2.33. The van der Waals surface area contributed by atoms with Crippen molar-refractivity contribution in [3.8, 4) is 154 Å². The molecule has 1 saturated heterocycles. The summed E-state index contributed by atoms with van der Waals surface area (Å²) in [6.07, 6.45) is 0.210. The molecule has 0 unspecified atom stereocenters. The number of aliphatic hydroxyl groups excluding tert-OH is 2. The van der Waals surface area contributed by atoms with Crippen molar-refractivity contribution < 1.29 is 64.5 Å². The maximum absolute atomic E-state index is 12.4. The van der Waals surface area contributed by atoms with Crippen LogP contribution in [0.25, 0.3) is 11.0 Å². The van der Waals surface area contributed by atoms with Crippen molar-refractivity contribution in [2.75, 3.05) is 30.7 Å². The Labute approximate surface area is 478 Å². The number of nitrogens with two attached hydrogens (primary N) is 1. The lowest BCUT2D eigenvalue weighted by Crippen LogP contribution is -2.44. The summed E-state index contributed by atoms with van der Waals surface area (Å²) < 4.78 is 7.82. The van der Waals surface area contributed by atoms with E-state index in [2.05, 4.69) is 250 Å². The Balaban J connectivity index is -0.0000000718. The Bertz CT molecular complexity index is 3420. The first-order valence-electron chi connectivity index (χ1n) is 22.6. The normalized spacial score (nSPS) is 13.8. The zero-order chi connectivity index (χ0) is 57.2. The molecule has 4 atom stereocenters.